The van der Waals surface area contributed by atoms with Gasteiger partial charge in [-0.05, 0) is 124 Å². The first-order valence-electron chi connectivity index (χ1n) is 21.6. The molecule has 7 N–H and O–H groups in total. The second kappa shape index (κ2) is 13.7. The minimum Gasteiger partial charge on any atom is -0.454 e. The van der Waals surface area contributed by atoms with E-state index in [4.69, 9.17) is 28.4 Å². The van der Waals surface area contributed by atoms with Crippen LogP contribution in [-0.4, -0.2) is 139 Å². The summed E-state index contributed by atoms with van der Waals surface area (Å²) in [7, 11) is 0. The number of rotatable bonds is 7. The molecule has 0 aromatic rings. The van der Waals surface area contributed by atoms with Crippen molar-refractivity contribution in [3.63, 3.8) is 0 Å². The summed E-state index contributed by atoms with van der Waals surface area (Å²) in [5.41, 5.74) is -3.06. The summed E-state index contributed by atoms with van der Waals surface area (Å²) in [4.78, 5) is 12.1. The van der Waals surface area contributed by atoms with Gasteiger partial charge in [0.1, 0.15) is 30.5 Å². The molecule has 3 aliphatic heterocycles. The Morgan fingerprint density at radius 2 is 1.47 bits per heavy atom. The number of esters is 1. The first kappa shape index (κ1) is 42.7. The molecule has 0 radical (unpaired) electrons. The monoisotopic (exact) mass is 810 g/mol. The van der Waals surface area contributed by atoms with Crippen molar-refractivity contribution in [1.29, 1.82) is 0 Å². The Bertz CT molecular complexity index is 1550. The van der Waals surface area contributed by atoms with Crippen LogP contribution in [0.3, 0.4) is 0 Å². The summed E-state index contributed by atoms with van der Waals surface area (Å²) in [6.45, 7) is 17.4. The molecule has 5 aliphatic carbocycles. The number of ether oxygens (including phenoxy) is 6. The van der Waals surface area contributed by atoms with E-state index in [0.29, 0.717) is 19.3 Å². The van der Waals surface area contributed by atoms with Crippen molar-refractivity contribution in [1.82, 2.24) is 0 Å². The molecule has 0 aromatic heterocycles. The largest absolute Gasteiger partial charge is 0.454 e. The van der Waals surface area contributed by atoms with Crippen LogP contribution < -0.4 is 0 Å². The van der Waals surface area contributed by atoms with E-state index in [0.717, 1.165) is 38.5 Å². The molecule has 8 rings (SSSR count). The van der Waals surface area contributed by atoms with E-state index in [1.54, 1.807) is 20.8 Å². The van der Waals surface area contributed by atoms with Crippen molar-refractivity contribution >= 4 is 5.97 Å². The normalized spacial score (nSPS) is 56.9. The van der Waals surface area contributed by atoms with Crippen molar-refractivity contribution in [2.24, 2.45) is 44.8 Å². The lowest BCUT2D eigenvalue weighted by molar-refractivity contribution is -0.335. The summed E-state index contributed by atoms with van der Waals surface area (Å²) in [6.07, 6.45) is -6.05. The lowest BCUT2D eigenvalue weighted by Gasteiger charge is -2.65. The van der Waals surface area contributed by atoms with E-state index >= 15 is 0 Å². The van der Waals surface area contributed by atoms with E-state index in [9.17, 15) is 40.5 Å². The van der Waals surface area contributed by atoms with Crippen LogP contribution in [0.25, 0.3) is 0 Å². The number of fused-ring (bicyclic) bond motifs is 2. The average Bonchev–Trinajstić information content (AvgIpc) is 3.47. The van der Waals surface area contributed by atoms with Gasteiger partial charge >= 0.3 is 5.97 Å². The molecular formula is C43H70O14. The zero-order valence-corrected chi connectivity index (χ0v) is 35.3. The van der Waals surface area contributed by atoms with Crippen LogP contribution in [0.1, 0.15) is 120 Å². The first-order chi connectivity index (χ1) is 26.4. The molecule has 14 nitrogen and oxygen atoms in total. The lowest BCUT2D eigenvalue weighted by atomic mass is 9.41. The van der Waals surface area contributed by atoms with E-state index in [2.05, 4.69) is 34.6 Å². The van der Waals surface area contributed by atoms with Crippen molar-refractivity contribution in [3.8, 4) is 0 Å². The van der Waals surface area contributed by atoms with Crippen LogP contribution >= 0.6 is 0 Å². The molecule has 21 unspecified atom stereocenters. The highest BCUT2D eigenvalue weighted by Gasteiger charge is 2.85. The fourth-order valence-electron chi connectivity index (χ4n) is 15.1. The van der Waals surface area contributed by atoms with Crippen molar-refractivity contribution in [2.45, 2.75) is 211 Å². The molecule has 3 heterocycles. The van der Waals surface area contributed by atoms with Gasteiger partial charge in [-0.3, -0.25) is 4.79 Å². The number of hydrogen-bond acceptors (Lipinski definition) is 14. The highest BCUT2D eigenvalue weighted by Crippen LogP contribution is 2.89. The van der Waals surface area contributed by atoms with Gasteiger partial charge in [-0.15, -0.1) is 0 Å². The first-order valence-corrected chi connectivity index (χ1v) is 21.6. The number of aliphatic hydroxyl groups excluding tert-OH is 6. The predicted octanol–water partition coefficient (Wildman–Crippen LogP) is 2.32. The molecule has 5 saturated carbocycles. The van der Waals surface area contributed by atoms with Gasteiger partial charge in [-0.25, -0.2) is 0 Å². The van der Waals surface area contributed by atoms with Gasteiger partial charge in [0.05, 0.1) is 48.3 Å². The molecule has 326 valence electrons. The standard InChI is InChI=1S/C43H70O14/c1-20-28(47)30(49)31(50)35(53-20)55-24-16-25-40(8)17-22(45)33(41(9)12-10-27(57-41)38(5,6)51)39(40,7)14-15-42(25)19-43(42)13-11-26(37(3,4)34(24)43)56-36-32(54-21(2)44)29(48)23(46)18-52-36/h20,22-36,45-51H,10-19H2,1-9H3. The smallest absolute Gasteiger partial charge is 0.303 e. The van der Waals surface area contributed by atoms with E-state index < -0.39 is 96.2 Å². The quantitative estimate of drug-likeness (QED) is 0.145. The third kappa shape index (κ3) is 6.11. The van der Waals surface area contributed by atoms with E-state index in [1.165, 1.54) is 6.92 Å². The number of hydrogen-bond donors (Lipinski definition) is 7. The summed E-state index contributed by atoms with van der Waals surface area (Å²) in [5.74, 6) is -0.773. The van der Waals surface area contributed by atoms with Crippen LogP contribution in [0.4, 0.5) is 0 Å². The Hall–Kier alpha value is -1.01. The predicted molar refractivity (Wildman–Crippen MR) is 202 cm³/mol. The van der Waals surface area contributed by atoms with Crippen molar-refractivity contribution in [3.05, 3.63) is 0 Å². The number of carbonyl (C=O) groups is 1. The molecule has 14 heteroatoms. The van der Waals surface area contributed by atoms with Gasteiger partial charge < -0.3 is 64.2 Å². The fourth-order valence-corrected chi connectivity index (χ4v) is 15.1. The molecule has 8 aliphatic rings. The fraction of sp³-hybridized carbons (Fsp3) is 0.977. The molecule has 8 fully saturated rings. The maximum atomic E-state index is 12.2. The third-order valence-electron chi connectivity index (χ3n) is 17.9. The van der Waals surface area contributed by atoms with Gasteiger partial charge in [0.25, 0.3) is 0 Å². The van der Waals surface area contributed by atoms with Gasteiger partial charge in [0.15, 0.2) is 18.7 Å². The molecule has 3 saturated heterocycles. The zero-order chi connectivity index (χ0) is 41.6. The number of aliphatic hydroxyl groups is 7. The molecule has 0 aromatic carbocycles. The van der Waals surface area contributed by atoms with Crippen LogP contribution in [0.15, 0.2) is 0 Å². The van der Waals surface area contributed by atoms with E-state index in [1.807, 2.05) is 0 Å². The highest BCUT2D eigenvalue weighted by atomic mass is 16.7. The molecule has 0 amide bonds. The molecule has 0 bridgehead atoms. The zero-order valence-electron chi connectivity index (χ0n) is 35.3. The minimum atomic E-state index is -1.49. The third-order valence-corrected chi connectivity index (χ3v) is 17.9. The second-order valence-corrected chi connectivity index (χ2v) is 21.6. The van der Waals surface area contributed by atoms with Gasteiger partial charge in [-0.1, -0.05) is 27.7 Å². The van der Waals surface area contributed by atoms with Gasteiger partial charge in [-0.2, -0.15) is 0 Å². The second-order valence-electron chi connectivity index (χ2n) is 21.6. The van der Waals surface area contributed by atoms with Crippen LogP contribution in [-0.2, 0) is 33.2 Å². The topological polar surface area (TPSA) is 214 Å². The Morgan fingerprint density at radius 3 is 2.12 bits per heavy atom. The summed E-state index contributed by atoms with van der Waals surface area (Å²) in [6, 6.07) is 0. The van der Waals surface area contributed by atoms with Crippen LogP contribution in [0.2, 0.25) is 0 Å². The average molecular weight is 811 g/mol. The van der Waals surface area contributed by atoms with Gasteiger partial charge in [0.2, 0.25) is 0 Å². The van der Waals surface area contributed by atoms with Crippen LogP contribution in [0.5, 0.6) is 0 Å². The SMILES string of the molecule is CC(=O)OC1C(OC2CCC34CC35CCC3(C)C(C6(C)CCC(C(C)(C)O)O6)C(O)CC3(C)C5CC(OC3OC(C)C(O)C(O)C3O)C4C2(C)C)OCC(O)C1O. The summed E-state index contributed by atoms with van der Waals surface area (Å²) < 4.78 is 37.9. The Kier molecular flexibility index (Phi) is 10.3. The highest BCUT2D eigenvalue weighted by molar-refractivity contribution is 5.66. The Morgan fingerprint density at radius 1 is 0.772 bits per heavy atom. The van der Waals surface area contributed by atoms with Crippen molar-refractivity contribution in [2.75, 3.05) is 6.61 Å². The molecule has 21 atom stereocenters. The van der Waals surface area contributed by atoms with Gasteiger partial charge in [0, 0.05) is 12.8 Å². The number of carbonyl (C=O) groups excluding carboxylic acids is 1. The maximum Gasteiger partial charge on any atom is 0.303 e. The maximum absolute atomic E-state index is 12.2. The Labute approximate surface area is 336 Å². The minimum absolute atomic E-state index is 0.0490. The molecule has 57 heavy (non-hydrogen) atoms. The summed E-state index contributed by atoms with van der Waals surface area (Å²) >= 11 is 0. The molecular weight excluding hydrogens is 740 g/mol. The van der Waals surface area contributed by atoms with Crippen molar-refractivity contribution < 1.29 is 69.0 Å². The lowest BCUT2D eigenvalue weighted by Crippen LogP contribution is -2.65. The van der Waals surface area contributed by atoms with Crippen LogP contribution in [0, 0.1) is 44.8 Å². The Balaban J connectivity index is 1.14. The molecule has 2 spiro atoms. The summed E-state index contributed by atoms with van der Waals surface area (Å²) in [5, 5.41) is 77.2. The van der Waals surface area contributed by atoms with E-state index in [-0.39, 0.29) is 52.1 Å².